The summed E-state index contributed by atoms with van der Waals surface area (Å²) in [4.78, 5) is 16.8. The normalized spacial score (nSPS) is 15.8. The topological polar surface area (TPSA) is 32.8 Å². The molecule has 1 heterocycles. The van der Waals surface area contributed by atoms with Crippen LogP contribution >= 0.6 is 11.6 Å². The van der Waals surface area contributed by atoms with Crippen LogP contribution in [0.25, 0.3) is 0 Å². The highest BCUT2D eigenvalue weighted by molar-refractivity contribution is 6.32. The van der Waals surface area contributed by atoms with E-state index in [0.29, 0.717) is 23.9 Å². The van der Waals surface area contributed by atoms with E-state index in [2.05, 4.69) is 17.0 Å². The first-order chi connectivity index (χ1) is 12.0. The summed E-state index contributed by atoms with van der Waals surface area (Å²) in [6.45, 7) is 6.80. The third kappa shape index (κ3) is 4.26. The lowest BCUT2D eigenvalue weighted by Gasteiger charge is -2.37. The Balaban J connectivity index is 1.57. The second kappa shape index (κ2) is 7.79. The van der Waals surface area contributed by atoms with E-state index in [0.717, 1.165) is 18.7 Å². The number of ether oxygens (including phenoxy) is 1. The highest BCUT2D eigenvalue weighted by Crippen LogP contribution is 2.26. The molecule has 2 aromatic rings. The van der Waals surface area contributed by atoms with Gasteiger partial charge in [-0.3, -0.25) is 4.79 Å². The third-order valence-electron chi connectivity index (χ3n) is 4.45. The van der Waals surface area contributed by atoms with Gasteiger partial charge in [-0.25, -0.2) is 0 Å². The summed E-state index contributed by atoms with van der Waals surface area (Å²) in [6, 6.07) is 15.9. The van der Waals surface area contributed by atoms with Crippen LogP contribution in [0.15, 0.2) is 48.5 Å². The molecule has 0 bridgehead atoms. The van der Waals surface area contributed by atoms with E-state index in [4.69, 9.17) is 16.3 Å². The third-order valence-corrected chi connectivity index (χ3v) is 4.76. The number of amides is 1. The Labute approximate surface area is 154 Å². The molecule has 2 aromatic carbocycles. The number of rotatable bonds is 4. The molecule has 0 spiro atoms. The minimum atomic E-state index is -0.553. The molecule has 132 valence electrons. The van der Waals surface area contributed by atoms with Gasteiger partial charge in [-0.05, 0) is 43.7 Å². The molecule has 0 saturated carbocycles. The Bertz CT molecular complexity index is 728. The van der Waals surface area contributed by atoms with Crippen LogP contribution in [0, 0.1) is 6.92 Å². The van der Waals surface area contributed by atoms with Crippen molar-refractivity contribution in [2.24, 2.45) is 0 Å². The molecule has 0 unspecified atom stereocenters. The zero-order chi connectivity index (χ0) is 17.8. The number of carbonyl (C=O) groups is 1. The number of carbonyl (C=O) groups excluding carboxylic acids is 1. The minimum Gasteiger partial charge on any atom is -0.479 e. The lowest BCUT2D eigenvalue weighted by molar-refractivity contribution is -0.138. The number of halogens is 1. The molecule has 0 aliphatic carbocycles. The Hall–Kier alpha value is -2.20. The maximum atomic E-state index is 12.7. The summed E-state index contributed by atoms with van der Waals surface area (Å²) in [5.41, 5.74) is 2.25. The van der Waals surface area contributed by atoms with Crippen LogP contribution in [0.5, 0.6) is 5.75 Å². The Morgan fingerprint density at radius 2 is 1.76 bits per heavy atom. The van der Waals surface area contributed by atoms with E-state index >= 15 is 0 Å². The van der Waals surface area contributed by atoms with Gasteiger partial charge < -0.3 is 14.5 Å². The van der Waals surface area contributed by atoms with Crippen molar-refractivity contribution in [1.29, 1.82) is 0 Å². The zero-order valence-corrected chi connectivity index (χ0v) is 15.4. The average molecular weight is 359 g/mol. The van der Waals surface area contributed by atoms with Crippen molar-refractivity contribution >= 4 is 23.2 Å². The van der Waals surface area contributed by atoms with Gasteiger partial charge in [0, 0.05) is 31.9 Å². The van der Waals surface area contributed by atoms with E-state index in [9.17, 15) is 4.79 Å². The van der Waals surface area contributed by atoms with Crippen molar-refractivity contribution in [2.45, 2.75) is 20.0 Å². The standard InChI is InChI=1S/C20H23ClN2O2/c1-15-8-9-18(21)19(14-15)25-16(2)20(24)23-12-10-22(11-13-23)17-6-4-3-5-7-17/h3-9,14,16H,10-13H2,1-2H3/t16-/m0/s1. The second-order valence-corrected chi connectivity index (χ2v) is 6.75. The molecular formula is C20H23ClN2O2. The first kappa shape index (κ1) is 17.6. The molecule has 0 radical (unpaired) electrons. The summed E-state index contributed by atoms with van der Waals surface area (Å²) in [5.74, 6) is 0.565. The molecule has 1 aliphatic heterocycles. The van der Waals surface area contributed by atoms with Gasteiger partial charge in [0.15, 0.2) is 6.10 Å². The fourth-order valence-electron chi connectivity index (χ4n) is 3.02. The molecule has 1 saturated heterocycles. The van der Waals surface area contributed by atoms with Gasteiger partial charge in [-0.1, -0.05) is 35.9 Å². The predicted molar refractivity (Wildman–Crippen MR) is 102 cm³/mol. The molecular weight excluding hydrogens is 336 g/mol. The van der Waals surface area contributed by atoms with Crippen molar-refractivity contribution in [1.82, 2.24) is 4.90 Å². The van der Waals surface area contributed by atoms with Gasteiger partial charge in [0.25, 0.3) is 5.91 Å². The molecule has 25 heavy (non-hydrogen) atoms. The SMILES string of the molecule is Cc1ccc(Cl)c(O[C@@H](C)C(=O)N2CCN(c3ccccc3)CC2)c1. The highest BCUT2D eigenvalue weighted by Gasteiger charge is 2.26. The van der Waals surface area contributed by atoms with Crippen molar-refractivity contribution in [3.05, 3.63) is 59.1 Å². The minimum absolute atomic E-state index is 0.00489. The fraction of sp³-hybridized carbons (Fsp3) is 0.350. The first-order valence-corrected chi connectivity index (χ1v) is 8.94. The number of benzene rings is 2. The van der Waals surface area contributed by atoms with Crippen molar-refractivity contribution in [3.8, 4) is 5.75 Å². The monoisotopic (exact) mass is 358 g/mol. The van der Waals surface area contributed by atoms with Crippen LogP contribution in [-0.2, 0) is 4.79 Å². The number of para-hydroxylation sites is 1. The molecule has 0 N–H and O–H groups in total. The van der Waals surface area contributed by atoms with Gasteiger partial charge in [-0.15, -0.1) is 0 Å². The number of nitrogens with zero attached hydrogens (tertiary/aromatic N) is 2. The first-order valence-electron chi connectivity index (χ1n) is 8.56. The summed E-state index contributed by atoms with van der Waals surface area (Å²) in [5, 5.41) is 0.527. The van der Waals surface area contributed by atoms with E-state index in [-0.39, 0.29) is 5.91 Å². The Morgan fingerprint density at radius 3 is 2.44 bits per heavy atom. The van der Waals surface area contributed by atoms with Crippen LogP contribution < -0.4 is 9.64 Å². The zero-order valence-electron chi connectivity index (χ0n) is 14.6. The number of hydrogen-bond acceptors (Lipinski definition) is 3. The van der Waals surface area contributed by atoms with E-state index < -0.39 is 6.10 Å². The number of piperazine rings is 1. The molecule has 1 fully saturated rings. The largest absolute Gasteiger partial charge is 0.479 e. The number of anilines is 1. The van der Waals surface area contributed by atoms with Gasteiger partial charge in [-0.2, -0.15) is 0 Å². The van der Waals surface area contributed by atoms with E-state index in [1.807, 2.05) is 42.2 Å². The quantitative estimate of drug-likeness (QED) is 0.834. The van der Waals surface area contributed by atoms with E-state index in [1.54, 1.807) is 13.0 Å². The Kier molecular flexibility index (Phi) is 5.49. The van der Waals surface area contributed by atoms with Crippen LogP contribution in [-0.4, -0.2) is 43.1 Å². The molecule has 1 aliphatic rings. The molecule has 0 aromatic heterocycles. The maximum absolute atomic E-state index is 12.7. The van der Waals surface area contributed by atoms with Crippen LogP contribution in [0.4, 0.5) is 5.69 Å². The molecule has 4 nitrogen and oxygen atoms in total. The smallest absolute Gasteiger partial charge is 0.263 e. The average Bonchev–Trinajstić information content (AvgIpc) is 2.65. The van der Waals surface area contributed by atoms with Gasteiger partial charge >= 0.3 is 0 Å². The fourth-order valence-corrected chi connectivity index (χ4v) is 3.18. The molecule has 1 atom stereocenters. The van der Waals surface area contributed by atoms with Crippen LogP contribution in [0.3, 0.4) is 0 Å². The summed E-state index contributed by atoms with van der Waals surface area (Å²) in [7, 11) is 0. The molecule has 5 heteroatoms. The second-order valence-electron chi connectivity index (χ2n) is 6.34. The molecule has 1 amide bonds. The van der Waals surface area contributed by atoms with Gasteiger partial charge in [0.05, 0.1) is 5.02 Å². The lowest BCUT2D eigenvalue weighted by Crippen LogP contribution is -2.52. The van der Waals surface area contributed by atoms with E-state index in [1.165, 1.54) is 5.69 Å². The Morgan fingerprint density at radius 1 is 1.08 bits per heavy atom. The van der Waals surface area contributed by atoms with Crippen molar-refractivity contribution in [3.63, 3.8) is 0 Å². The highest BCUT2D eigenvalue weighted by atomic mass is 35.5. The maximum Gasteiger partial charge on any atom is 0.263 e. The number of hydrogen-bond donors (Lipinski definition) is 0. The summed E-state index contributed by atoms with van der Waals surface area (Å²) in [6.07, 6.45) is -0.553. The summed E-state index contributed by atoms with van der Waals surface area (Å²) >= 11 is 6.16. The van der Waals surface area contributed by atoms with Crippen molar-refractivity contribution < 1.29 is 9.53 Å². The van der Waals surface area contributed by atoms with Gasteiger partial charge in [0.1, 0.15) is 5.75 Å². The lowest BCUT2D eigenvalue weighted by atomic mass is 10.2. The van der Waals surface area contributed by atoms with Gasteiger partial charge in [0.2, 0.25) is 0 Å². The summed E-state index contributed by atoms with van der Waals surface area (Å²) < 4.78 is 5.82. The number of aryl methyl sites for hydroxylation is 1. The predicted octanol–water partition coefficient (Wildman–Crippen LogP) is 3.76. The molecule has 3 rings (SSSR count). The van der Waals surface area contributed by atoms with Crippen molar-refractivity contribution in [2.75, 3.05) is 31.1 Å². The van der Waals surface area contributed by atoms with Crippen LogP contribution in [0.2, 0.25) is 5.02 Å². The van der Waals surface area contributed by atoms with Crippen LogP contribution in [0.1, 0.15) is 12.5 Å².